The lowest BCUT2D eigenvalue weighted by Gasteiger charge is -2.13. The third-order valence-electron chi connectivity index (χ3n) is 4.96. The van der Waals surface area contributed by atoms with E-state index in [0.717, 1.165) is 20.9 Å². The van der Waals surface area contributed by atoms with Gasteiger partial charge >= 0.3 is 0 Å². The van der Waals surface area contributed by atoms with Crippen molar-refractivity contribution >= 4 is 43.1 Å². The van der Waals surface area contributed by atoms with Gasteiger partial charge in [-0.3, -0.25) is 0 Å². The number of methoxy groups -OCH3 is 1. The van der Waals surface area contributed by atoms with Crippen molar-refractivity contribution in [3.8, 4) is 5.75 Å². The Morgan fingerprint density at radius 3 is 2.00 bits per heavy atom. The second-order valence-corrected chi connectivity index (χ2v) is 7.81. The fourth-order valence-electron chi connectivity index (χ4n) is 3.70. The molecular weight excluding hydrogens is 340 g/mol. The van der Waals surface area contributed by atoms with Crippen LogP contribution in [0.5, 0.6) is 5.75 Å². The fourth-order valence-corrected chi connectivity index (χ4v) is 4.90. The summed E-state index contributed by atoms with van der Waals surface area (Å²) in [6.07, 6.45) is 0. The first-order chi connectivity index (χ1) is 12.8. The lowest BCUT2D eigenvalue weighted by atomic mass is 9.94. The summed E-state index contributed by atoms with van der Waals surface area (Å²) in [7, 11) is 0.387. The van der Waals surface area contributed by atoms with Gasteiger partial charge < -0.3 is 4.74 Å². The predicted molar refractivity (Wildman–Crippen MR) is 108 cm³/mol. The van der Waals surface area contributed by atoms with Crippen LogP contribution in [0.15, 0.2) is 88.7 Å². The van der Waals surface area contributed by atoms with Crippen molar-refractivity contribution < 1.29 is 8.95 Å². The van der Waals surface area contributed by atoms with E-state index in [-0.39, 0.29) is 0 Å². The minimum absolute atomic E-state index is 0.765. The second kappa shape index (κ2) is 5.82. The molecule has 0 aromatic heterocycles. The maximum atomic E-state index is 13.3. The van der Waals surface area contributed by atoms with Gasteiger partial charge in [0, 0.05) is 4.90 Å². The molecule has 0 bridgehead atoms. The monoisotopic (exact) mass is 356 g/mol. The Hall–Kier alpha value is -2.91. The summed E-state index contributed by atoms with van der Waals surface area (Å²) >= 11 is 0. The quantitative estimate of drug-likeness (QED) is 0.384. The smallest absolute Gasteiger partial charge is 0.118 e. The predicted octanol–water partition coefficient (Wildman–Crippen LogP) is 5.76. The van der Waals surface area contributed by atoms with Gasteiger partial charge in [0.25, 0.3) is 0 Å². The van der Waals surface area contributed by atoms with E-state index in [1.165, 1.54) is 26.9 Å². The molecule has 0 aliphatic rings. The van der Waals surface area contributed by atoms with Gasteiger partial charge in [0.2, 0.25) is 0 Å². The lowest BCUT2D eigenvalue weighted by Crippen LogP contribution is -1.96. The molecule has 0 spiro atoms. The van der Waals surface area contributed by atoms with E-state index >= 15 is 0 Å². The average molecular weight is 356 g/mol. The van der Waals surface area contributed by atoms with E-state index < -0.39 is 10.8 Å². The summed E-state index contributed by atoms with van der Waals surface area (Å²) in [6, 6.07) is 26.4. The Kier molecular flexibility index (Phi) is 3.44. The molecule has 0 aliphatic carbocycles. The van der Waals surface area contributed by atoms with Crippen LogP contribution in [0.1, 0.15) is 0 Å². The Morgan fingerprint density at radius 2 is 1.31 bits per heavy atom. The number of hydrogen-bond donors (Lipinski definition) is 0. The largest absolute Gasteiger partial charge is 0.497 e. The van der Waals surface area contributed by atoms with Crippen molar-refractivity contribution in [3.63, 3.8) is 0 Å². The maximum Gasteiger partial charge on any atom is 0.118 e. The van der Waals surface area contributed by atoms with Gasteiger partial charge in [-0.1, -0.05) is 48.5 Å². The van der Waals surface area contributed by atoms with Crippen LogP contribution in [0.3, 0.4) is 0 Å². The molecule has 0 N–H and O–H groups in total. The van der Waals surface area contributed by atoms with Gasteiger partial charge in [0.1, 0.15) is 5.75 Å². The molecule has 2 nitrogen and oxygen atoms in total. The highest BCUT2D eigenvalue weighted by Crippen LogP contribution is 2.37. The maximum absolute atomic E-state index is 13.3. The molecule has 5 aromatic carbocycles. The molecule has 26 heavy (non-hydrogen) atoms. The van der Waals surface area contributed by atoms with E-state index in [2.05, 4.69) is 48.5 Å². The van der Waals surface area contributed by atoms with Crippen molar-refractivity contribution in [1.29, 1.82) is 0 Å². The highest BCUT2D eigenvalue weighted by atomic mass is 32.2. The average Bonchev–Trinajstić information content (AvgIpc) is 2.71. The minimum atomic E-state index is -1.24. The van der Waals surface area contributed by atoms with Crippen molar-refractivity contribution in [3.05, 3.63) is 78.9 Å². The van der Waals surface area contributed by atoms with E-state index in [4.69, 9.17) is 4.74 Å². The van der Waals surface area contributed by atoms with Crippen LogP contribution in [0.4, 0.5) is 0 Å². The Labute approximate surface area is 153 Å². The summed E-state index contributed by atoms with van der Waals surface area (Å²) in [4.78, 5) is 1.63. The van der Waals surface area contributed by atoms with Crippen LogP contribution < -0.4 is 4.74 Å². The molecule has 3 heteroatoms. The summed E-state index contributed by atoms with van der Waals surface area (Å²) < 4.78 is 18.5. The summed E-state index contributed by atoms with van der Waals surface area (Å²) in [5, 5.41) is 7.11. The zero-order valence-corrected chi connectivity index (χ0v) is 15.0. The highest BCUT2D eigenvalue weighted by molar-refractivity contribution is 7.85. The van der Waals surface area contributed by atoms with E-state index in [1.54, 1.807) is 7.11 Å². The zero-order valence-electron chi connectivity index (χ0n) is 14.2. The van der Waals surface area contributed by atoms with E-state index in [1.807, 2.05) is 30.3 Å². The van der Waals surface area contributed by atoms with Gasteiger partial charge in [-0.2, -0.15) is 0 Å². The second-order valence-electron chi connectivity index (χ2n) is 6.36. The van der Waals surface area contributed by atoms with Gasteiger partial charge in [-0.15, -0.1) is 0 Å². The number of benzene rings is 5. The summed E-state index contributed by atoms with van der Waals surface area (Å²) in [5.41, 5.74) is 0. The van der Waals surface area contributed by atoms with Crippen LogP contribution in [-0.2, 0) is 10.8 Å². The molecule has 0 aliphatic heterocycles. The Bertz CT molecular complexity index is 1260. The van der Waals surface area contributed by atoms with Crippen LogP contribution >= 0.6 is 0 Å². The van der Waals surface area contributed by atoms with Crippen LogP contribution in [0.2, 0.25) is 0 Å². The van der Waals surface area contributed by atoms with E-state index in [0.29, 0.717) is 0 Å². The molecule has 0 radical (unpaired) electrons. The number of ether oxygens (including phenoxy) is 1. The SMILES string of the molecule is COc1ccc(S(=O)c2ccc3ccc4cccc5ccc2c3c45)cc1. The molecule has 5 rings (SSSR count). The standard InChI is InChI=1S/C23H16O2S/c1-25-18-9-11-19(12-10-18)26(24)21-14-8-17-6-5-15-3-2-4-16-7-13-20(21)23(17)22(15)16/h2-14H,1H3. The van der Waals surface area contributed by atoms with Crippen LogP contribution in [0.25, 0.3) is 32.3 Å². The molecule has 0 saturated carbocycles. The molecule has 1 unspecified atom stereocenters. The van der Waals surface area contributed by atoms with Crippen molar-refractivity contribution in [2.75, 3.05) is 7.11 Å². The summed E-state index contributed by atoms with van der Waals surface area (Å²) in [5.74, 6) is 0.765. The van der Waals surface area contributed by atoms with Crippen molar-refractivity contribution in [2.24, 2.45) is 0 Å². The zero-order chi connectivity index (χ0) is 17.7. The van der Waals surface area contributed by atoms with Crippen molar-refractivity contribution in [1.82, 2.24) is 0 Å². The third kappa shape index (κ3) is 2.21. The third-order valence-corrected chi connectivity index (χ3v) is 6.42. The molecule has 126 valence electrons. The number of rotatable bonds is 3. The molecule has 1 atom stereocenters. The number of hydrogen-bond acceptors (Lipinski definition) is 2. The normalized spacial score (nSPS) is 12.8. The first kappa shape index (κ1) is 15.4. The molecule has 0 heterocycles. The Balaban J connectivity index is 1.78. The van der Waals surface area contributed by atoms with Gasteiger partial charge in [0.05, 0.1) is 22.8 Å². The minimum Gasteiger partial charge on any atom is -0.497 e. The molecule has 5 aromatic rings. The highest BCUT2D eigenvalue weighted by Gasteiger charge is 2.15. The van der Waals surface area contributed by atoms with Gasteiger partial charge in [0.15, 0.2) is 0 Å². The fraction of sp³-hybridized carbons (Fsp3) is 0.0435. The first-order valence-electron chi connectivity index (χ1n) is 8.48. The van der Waals surface area contributed by atoms with Crippen LogP contribution in [0, 0.1) is 0 Å². The van der Waals surface area contributed by atoms with Gasteiger partial charge in [-0.05, 0) is 62.6 Å². The molecular formula is C23H16O2S. The van der Waals surface area contributed by atoms with Crippen molar-refractivity contribution in [2.45, 2.75) is 9.79 Å². The Morgan fingerprint density at radius 1 is 0.692 bits per heavy atom. The first-order valence-corrected chi connectivity index (χ1v) is 9.63. The molecule has 0 saturated heterocycles. The van der Waals surface area contributed by atoms with Crippen LogP contribution in [-0.4, -0.2) is 11.3 Å². The molecule has 0 fully saturated rings. The molecule has 0 amide bonds. The topological polar surface area (TPSA) is 26.3 Å². The summed E-state index contributed by atoms with van der Waals surface area (Å²) in [6.45, 7) is 0. The van der Waals surface area contributed by atoms with E-state index in [9.17, 15) is 4.21 Å². The lowest BCUT2D eigenvalue weighted by molar-refractivity contribution is 0.414. The van der Waals surface area contributed by atoms with Gasteiger partial charge in [-0.25, -0.2) is 4.21 Å².